The van der Waals surface area contributed by atoms with Crippen molar-refractivity contribution in [2.45, 2.75) is 12.7 Å². The fourth-order valence-electron chi connectivity index (χ4n) is 1.23. The molecule has 20 heavy (non-hydrogen) atoms. The Morgan fingerprint density at radius 1 is 1.10 bits per heavy atom. The van der Waals surface area contributed by atoms with Gasteiger partial charge in [0.1, 0.15) is 0 Å². The van der Waals surface area contributed by atoms with E-state index in [2.05, 4.69) is 9.97 Å². The number of nitrogens with two attached hydrogens (primary N) is 1. The van der Waals surface area contributed by atoms with Crippen molar-refractivity contribution in [3.8, 4) is 0 Å². The lowest BCUT2D eigenvalue weighted by Gasteiger charge is -2.09. The average Bonchev–Trinajstić information content (AvgIpc) is 2.42. The highest BCUT2D eigenvalue weighted by Gasteiger charge is 2.32. The Kier molecular flexibility index (Phi) is 5.51. The summed E-state index contributed by atoms with van der Waals surface area (Å²) in [6.07, 6.45) is -0.916. The number of aromatic nitrogens is 2. The van der Waals surface area contributed by atoms with Gasteiger partial charge in [-0.3, -0.25) is 4.98 Å². The summed E-state index contributed by atoms with van der Waals surface area (Å²) in [5.41, 5.74) is 4.42. The van der Waals surface area contributed by atoms with Crippen molar-refractivity contribution in [1.29, 1.82) is 0 Å². The molecule has 0 aliphatic heterocycles. The Morgan fingerprint density at radius 3 is 2.20 bits per heavy atom. The van der Waals surface area contributed by atoms with Crippen molar-refractivity contribution in [3.63, 3.8) is 0 Å². The van der Waals surface area contributed by atoms with Gasteiger partial charge in [-0.25, -0.2) is 9.37 Å². The zero-order valence-electron chi connectivity index (χ0n) is 10.0. The van der Waals surface area contributed by atoms with E-state index in [9.17, 15) is 22.0 Å². The van der Waals surface area contributed by atoms with Crippen LogP contribution in [0.15, 0.2) is 36.8 Å². The van der Waals surface area contributed by atoms with Gasteiger partial charge in [0.25, 0.3) is 0 Å². The molecule has 0 amide bonds. The van der Waals surface area contributed by atoms with Gasteiger partial charge in [0.15, 0.2) is 5.82 Å². The fourth-order valence-corrected chi connectivity index (χ4v) is 1.23. The molecule has 0 bridgehead atoms. The Morgan fingerprint density at radius 2 is 1.80 bits per heavy atom. The van der Waals surface area contributed by atoms with E-state index in [1.165, 1.54) is 12.3 Å². The molecule has 8 heteroatoms. The van der Waals surface area contributed by atoms with Crippen LogP contribution in [0, 0.1) is 11.8 Å². The minimum Gasteiger partial charge on any atom is -0.326 e. The minimum atomic E-state index is -4.34. The van der Waals surface area contributed by atoms with E-state index < -0.39 is 23.5 Å². The summed E-state index contributed by atoms with van der Waals surface area (Å²) in [4.78, 5) is 6.59. The van der Waals surface area contributed by atoms with E-state index in [0.29, 0.717) is 0 Å². The quantitative estimate of drug-likeness (QED) is 0.649. The van der Waals surface area contributed by atoms with Crippen LogP contribution in [0.25, 0.3) is 0 Å². The molecule has 0 unspecified atom stereocenters. The SMILES string of the molecule is Fc1cccnc1F.NCc1cnccc1C(F)(F)F. The van der Waals surface area contributed by atoms with E-state index in [-0.39, 0.29) is 12.1 Å². The summed E-state index contributed by atoms with van der Waals surface area (Å²) in [6, 6.07) is 3.27. The van der Waals surface area contributed by atoms with Crippen molar-refractivity contribution in [2.24, 2.45) is 5.73 Å². The molecule has 0 radical (unpaired) electrons. The van der Waals surface area contributed by atoms with Crippen molar-refractivity contribution < 1.29 is 22.0 Å². The topological polar surface area (TPSA) is 51.8 Å². The highest BCUT2D eigenvalue weighted by atomic mass is 19.4. The molecule has 2 aromatic heterocycles. The van der Waals surface area contributed by atoms with Gasteiger partial charge >= 0.3 is 6.18 Å². The maximum absolute atomic E-state index is 12.2. The monoisotopic (exact) mass is 291 g/mol. The van der Waals surface area contributed by atoms with E-state index in [0.717, 1.165) is 24.5 Å². The summed E-state index contributed by atoms with van der Waals surface area (Å²) in [5.74, 6) is -1.96. The van der Waals surface area contributed by atoms with Gasteiger partial charge in [0.05, 0.1) is 5.56 Å². The second kappa shape index (κ2) is 6.90. The summed E-state index contributed by atoms with van der Waals surface area (Å²) >= 11 is 0. The highest BCUT2D eigenvalue weighted by Crippen LogP contribution is 2.30. The molecule has 2 aromatic rings. The first-order valence-electron chi connectivity index (χ1n) is 5.32. The average molecular weight is 291 g/mol. The van der Waals surface area contributed by atoms with Crippen molar-refractivity contribution >= 4 is 0 Å². The van der Waals surface area contributed by atoms with Crippen LogP contribution in [0.2, 0.25) is 0 Å². The first kappa shape index (κ1) is 16.0. The lowest BCUT2D eigenvalue weighted by Crippen LogP contribution is -2.11. The number of alkyl halides is 3. The smallest absolute Gasteiger partial charge is 0.326 e. The molecular formula is C12H10F5N3. The maximum Gasteiger partial charge on any atom is 0.416 e. The third-order valence-electron chi connectivity index (χ3n) is 2.14. The Hall–Kier alpha value is -2.09. The Bertz CT molecular complexity index is 536. The van der Waals surface area contributed by atoms with Crippen LogP contribution in [0.3, 0.4) is 0 Å². The predicted molar refractivity (Wildman–Crippen MR) is 61.3 cm³/mol. The van der Waals surface area contributed by atoms with Crippen LogP contribution in [-0.4, -0.2) is 9.97 Å². The van der Waals surface area contributed by atoms with Crippen molar-refractivity contribution in [1.82, 2.24) is 9.97 Å². The molecular weight excluding hydrogens is 281 g/mol. The Balaban J connectivity index is 0.000000217. The second-order valence-corrected chi connectivity index (χ2v) is 3.51. The van der Waals surface area contributed by atoms with E-state index in [1.807, 2.05) is 0 Å². The third kappa shape index (κ3) is 4.54. The van der Waals surface area contributed by atoms with Gasteiger partial charge in [-0.2, -0.15) is 17.6 Å². The minimum absolute atomic E-state index is 0.0185. The molecule has 2 N–H and O–H groups in total. The molecule has 0 saturated heterocycles. The van der Waals surface area contributed by atoms with Gasteiger partial charge < -0.3 is 5.73 Å². The molecule has 0 aliphatic rings. The molecule has 0 saturated carbocycles. The van der Waals surface area contributed by atoms with Gasteiger partial charge in [-0.15, -0.1) is 0 Å². The second-order valence-electron chi connectivity index (χ2n) is 3.51. The van der Waals surface area contributed by atoms with Crippen LogP contribution < -0.4 is 5.73 Å². The summed E-state index contributed by atoms with van der Waals surface area (Å²) in [5, 5.41) is 0. The van der Waals surface area contributed by atoms with E-state index >= 15 is 0 Å². The molecule has 3 nitrogen and oxygen atoms in total. The fraction of sp³-hybridized carbons (Fsp3) is 0.167. The summed E-state index contributed by atoms with van der Waals surface area (Å²) < 4.78 is 60.2. The van der Waals surface area contributed by atoms with Gasteiger partial charge in [-0.1, -0.05) is 0 Å². The van der Waals surface area contributed by atoms with Crippen LogP contribution in [0.1, 0.15) is 11.1 Å². The van der Waals surface area contributed by atoms with Crippen LogP contribution in [-0.2, 0) is 12.7 Å². The molecule has 0 fully saturated rings. The van der Waals surface area contributed by atoms with E-state index in [1.54, 1.807) is 0 Å². The third-order valence-corrected chi connectivity index (χ3v) is 2.14. The first-order valence-corrected chi connectivity index (χ1v) is 5.32. The van der Waals surface area contributed by atoms with Crippen LogP contribution >= 0.6 is 0 Å². The van der Waals surface area contributed by atoms with Crippen molar-refractivity contribution in [3.05, 3.63) is 59.7 Å². The van der Waals surface area contributed by atoms with Crippen LogP contribution in [0.4, 0.5) is 22.0 Å². The first-order chi connectivity index (χ1) is 9.36. The molecule has 2 rings (SSSR count). The normalized spacial score (nSPS) is 10.7. The van der Waals surface area contributed by atoms with Crippen molar-refractivity contribution in [2.75, 3.05) is 0 Å². The molecule has 0 spiro atoms. The van der Waals surface area contributed by atoms with E-state index in [4.69, 9.17) is 5.73 Å². The maximum atomic E-state index is 12.2. The lowest BCUT2D eigenvalue weighted by molar-refractivity contribution is -0.138. The predicted octanol–water partition coefficient (Wildman–Crippen LogP) is 2.92. The summed E-state index contributed by atoms with van der Waals surface area (Å²) in [7, 11) is 0. The lowest BCUT2D eigenvalue weighted by atomic mass is 10.1. The Labute approximate surface area is 111 Å². The number of hydrogen-bond donors (Lipinski definition) is 1. The number of nitrogens with zero attached hydrogens (tertiary/aromatic N) is 2. The molecule has 0 aromatic carbocycles. The molecule has 0 aliphatic carbocycles. The summed E-state index contributed by atoms with van der Waals surface area (Å²) in [6.45, 7) is -0.150. The van der Waals surface area contributed by atoms with Crippen LogP contribution in [0.5, 0.6) is 0 Å². The number of halogens is 5. The zero-order chi connectivity index (χ0) is 15.2. The highest BCUT2D eigenvalue weighted by molar-refractivity contribution is 5.25. The molecule has 0 atom stereocenters. The number of hydrogen-bond acceptors (Lipinski definition) is 3. The standard InChI is InChI=1S/C7H7F3N2.C5H3F2N/c8-7(9,10)6-1-2-12-4-5(6)3-11;6-4-2-1-3-8-5(4)7/h1-2,4H,3,11H2;1-3H. The zero-order valence-corrected chi connectivity index (χ0v) is 10.0. The number of pyridine rings is 2. The largest absolute Gasteiger partial charge is 0.416 e. The number of rotatable bonds is 1. The molecule has 108 valence electrons. The molecule has 2 heterocycles. The van der Waals surface area contributed by atoms with Gasteiger partial charge in [-0.05, 0) is 23.8 Å². The van der Waals surface area contributed by atoms with Gasteiger partial charge in [0.2, 0.25) is 5.95 Å². The van der Waals surface area contributed by atoms with Gasteiger partial charge in [0, 0.05) is 25.1 Å².